The molecule has 0 aliphatic rings. The van der Waals surface area contributed by atoms with E-state index in [-0.39, 0.29) is 30.7 Å². The second kappa shape index (κ2) is 11.1. The summed E-state index contributed by atoms with van der Waals surface area (Å²) in [6, 6.07) is 7.71. The summed E-state index contributed by atoms with van der Waals surface area (Å²) in [5.74, 6) is 1.43. The van der Waals surface area contributed by atoms with Crippen LogP contribution in [0.5, 0.6) is 5.75 Å². The lowest BCUT2D eigenvalue weighted by atomic mass is 10.0. The normalized spacial score (nSPS) is 10.9. The summed E-state index contributed by atoms with van der Waals surface area (Å²) in [5.41, 5.74) is 1.22. The van der Waals surface area contributed by atoms with Gasteiger partial charge in [0.25, 0.3) is 5.91 Å². The molecular weight excluding hydrogens is 448 g/mol. The van der Waals surface area contributed by atoms with Crippen LogP contribution in [0.2, 0.25) is 0 Å². The van der Waals surface area contributed by atoms with Crippen molar-refractivity contribution in [3.05, 3.63) is 46.7 Å². The zero-order valence-corrected chi connectivity index (χ0v) is 20.0. The Morgan fingerprint density at radius 1 is 1.19 bits per heavy atom. The maximum Gasteiger partial charge on any atom is 0.258 e. The number of hydrogen-bond donors (Lipinski definition) is 2. The molecular formula is C21H26N6O3S2. The van der Waals surface area contributed by atoms with Crippen LogP contribution in [0.4, 0.5) is 5.13 Å². The summed E-state index contributed by atoms with van der Waals surface area (Å²) in [4.78, 5) is 29.3. The van der Waals surface area contributed by atoms with Crippen LogP contribution in [-0.4, -0.2) is 43.9 Å². The number of hydrogen-bond acceptors (Lipinski definition) is 8. The molecule has 0 aliphatic heterocycles. The Balaban J connectivity index is 1.41. The minimum absolute atomic E-state index is 0.0864. The highest BCUT2D eigenvalue weighted by Gasteiger charge is 2.13. The number of thioether (sulfide) groups is 1. The van der Waals surface area contributed by atoms with Crippen LogP contribution in [0.25, 0.3) is 0 Å². The third kappa shape index (κ3) is 6.79. The first kappa shape index (κ1) is 23.7. The highest BCUT2D eigenvalue weighted by molar-refractivity contribution is 7.99. The molecule has 0 radical (unpaired) electrons. The number of rotatable bonds is 10. The largest absolute Gasteiger partial charge is 0.484 e. The molecule has 2 N–H and O–H groups in total. The first-order valence-corrected chi connectivity index (χ1v) is 11.8. The summed E-state index contributed by atoms with van der Waals surface area (Å²) in [5, 5.41) is 14.9. The minimum Gasteiger partial charge on any atom is -0.484 e. The number of amides is 2. The van der Waals surface area contributed by atoms with Gasteiger partial charge in [0.1, 0.15) is 5.75 Å². The van der Waals surface area contributed by atoms with Crippen molar-refractivity contribution in [2.24, 2.45) is 7.05 Å². The summed E-state index contributed by atoms with van der Waals surface area (Å²) in [6.45, 7) is 6.30. The van der Waals surface area contributed by atoms with Gasteiger partial charge >= 0.3 is 0 Å². The minimum atomic E-state index is -0.256. The summed E-state index contributed by atoms with van der Waals surface area (Å²) in [6.07, 6.45) is 1.71. The van der Waals surface area contributed by atoms with Gasteiger partial charge in [-0.15, -0.1) is 21.5 Å². The number of nitrogens with zero attached hydrogens (tertiary/aromatic N) is 4. The van der Waals surface area contributed by atoms with E-state index in [0.29, 0.717) is 27.8 Å². The number of aryl methyl sites for hydroxylation is 1. The summed E-state index contributed by atoms with van der Waals surface area (Å²) < 4.78 is 7.28. The van der Waals surface area contributed by atoms with Crippen LogP contribution in [0.3, 0.4) is 0 Å². The van der Waals surface area contributed by atoms with Crippen molar-refractivity contribution < 1.29 is 14.3 Å². The van der Waals surface area contributed by atoms with Crippen LogP contribution in [-0.2, 0) is 23.2 Å². The van der Waals surface area contributed by atoms with E-state index in [1.165, 1.54) is 28.7 Å². The molecule has 0 unspecified atom stereocenters. The first-order valence-electron chi connectivity index (χ1n) is 10.0. The van der Waals surface area contributed by atoms with Gasteiger partial charge in [-0.3, -0.25) is 9.59 Å². The van der Waals surface area contributed by atoms with Gasteiger partial charge in [0.2, 0.25) is 5.91 Å². The lowest BCUT2D eigenvalue weighted by Crippen LogP contribution is -2.29. The van der Waals surface area contributed by atoms with Crippen LogP contribution in [0.1, 0.15) is 36.0 Å². The number of carbonyl (C=O) groups excluding carboxylic acids is 2. The van der Waals surface area contributed by atoms with Gasteiger partial charge in [0.15, 0.2) is 22.7 Å². The van der Waals surface area contributed by atoms with Crippen molar-refractivity contribution in [2.75, 3.05) is 17.7 Å². The standard InChI is InChI=1S/C21H26N6O3S2/c1-13(2)15-5-7-16(8-6-15)30-11-18(28)22-10-17-25-26-21(27(17)4)31-12-19(29)24-20-23-9-14(3)32-20/h5-9,13H,10-12H2,1-4H3,(H,22,28)(H,23,24,29). The molecule has 32 heavy (non-hydrogen) atoms. The highest BCUT2D eigenvalue weighted by Crippen LogP contribution is 2.20. The number of aromatic nitrogens is 4. The molecule has 2 amide bonds. The molecule has 0 aliphatic carbocycles. The Labute approximate surface area is 195 Å². The topological polar surface area (TPSA) is 111 Å². The molecule has 11 heteroatoms. The maximum absolute atomic E-state index is 12.1. The van der Waals surface area contributed by atoms with Crippen LogP contribution in [0, 0.1) is 6.92 Å². The molecule has 0 spiro atoms. The van der Waals surface area contributed by atoms with Gasteiger partial charge in [-0.2, -0.15) is 0 Å². The van der Waals surface area contributed by atoms with E-state index in [1.54, 1.807) is 17.8 Å². The molecule has 2 heterocycles. The number of thiazole rings is 1. The van der Waals surface area contributed by atoms with E-state index in [9.17, 15) is 9.59 Å². The monoisotopic (exact) mass is 474 g/mol. The molecule has 3 aromatic rings. The zero-order chi connectivity index (χ0) is 23.1. The van der Waals surface area contributed by atoms with E-state index in [2.05, 4.69) is 39.7 Å². The lowest BCUT2D eigenvalue weighted by molar-refractivity contribution is -0.123. The molecule has 170 valence electrons. The second-order valence-electron chi connectivity index (χ2n) is 7.36. The van der Waals surface area contributed by atoms with Gasteiger partial charge in [0, 0.05) is 18.1 Å². The Hall–Kier alpha value is -2.92. The number of carbonyl (C=O) groups is 2. The summed E-state index contributed by atoms with van der Waals surface area (Å²) in [7, 11) is 1.79. The predicted molar refractivity (Wildman–Crippen MR) is 125 cm³/mol. The lowest BCUT2D eigenvalue weighted by Gasteiger charge is -2.09. The van der Waals surface area contributed by atoms with Crippen LogP contribution in [0.15, 0.2) is 35.6 Å². The molecule has 0 saturated heterocycles. The van der Waals surface area contributed by atoms with Crippen LogP contribution >= 0.6 is 23.1 Å². The van der Waals surface area contributed by atoms with E-state index < -0.39 is 0 Å². The van der Waals surface area contributed by atoms with Gasteiger partial charge in [-0.1, -0.05) is 37.7 Å². The molecule has 0 fully saturated rings. The number of ether oxygens (including phenoxy) is 1. The Bertz CT molecular complexity index is 1060. The highest BCUT2D eigenvalue weighted by atomic mass is 32.2. The average Bonchev–Trinajstić information content (AvgIpc) is 3.34. The molecule has 0 bridgehead atoms. The van der Waals surface area contributed by atoms with Crippen molar-refractivity contribution in [3.8, 4) is 5.75 Å². The Morgan fingerprint density at radius 2 is 1.94 bits per heavy atom. The SMILES string of the molecule is Cc1cnc(NC(=O)CSc2nnc(CNC(=O)COc3ccc(C(C)C)cc3)n2C)s1. The van der Waals surface area contributed by atoms with Crippen LogP contribution < -0.4 is 15.4 Å². The molecule has 2 aromatic heterocycles. The fourth-order valence-corrected chi connectivity index (χ4v) is 4.06. The number of nitrogens with one attached hydrogen (secondary N) is 2. The molecule has 3 rings (SSSR count). The second-order valence-corrected chi connectivity index (χ2v) is 9.54. The van der Waals surface area contributed by atoms with Crippen molar-refractivity contribution >= 4 is 40.0 Å². The van der Waals surface area contributed by atoms with E-state index in [4.69, 9.17) is 4.74 Å². The van der Waals surface area contributed by atoms with Crippen molar-refractivity contribution in [3.63, 3.8) is 0 Å². The van der Waals surface area contributed by atoms with E-state index in [0.717, 1.165) is 4.88 Å². The van der Waals surface area contributed by atoms with Gasteiger partial charge < -0.3 is 19.9 Å². The predicted octanol–water partition coefficient (Wildman–Crippen LogP) is 3.13. The van der Waals surface area contributed by atoms with Crippen molar-refractivity contribution in [2.45, 2.75) is 38.4 Å². The molecule has 1 aromatic carbocycles. The van der Waals surface area contributed by atoms with Gasteiger partial charge in [-0.05, 0) is 30.5 Å². The quantitative estimate of drug-likeness (QED) is 0.434. The van der Waals surface area contributed by atoms with Crippen molar-refractivity contribution in [1.82, 2.24) is 25.1 Å². The first-order chi connectivity index (χ1) is 15.3. The smallest absolute Gasteiger partial charge is 0.258 e. The Morgan fingerprint density at radius 3 is 2.59 bits per heavy atom. The van der Waals surface area contributed by atoms with E-state index in [1.807, 2.05) is 31.2 Å². The fourth-order valence-electron chi connectivity index (χ4n) is 2.65. The number of anilines is 1. The third-order valence-electron chi connectivity index (χ3n) is 4.49. The maximum atomic E-state index is 12.1. The molecule has 0 saturated carbocycles. The van der Waals surface area contributed by atoms with Gasteiger partial charge in [0.05, 0.1) is 12.3 Å². The Kier molecular flexibility index (Phi) is 8.23. The van der Waals surface area contributed by atoms with E-state index >= 15 is 0 Å². The summed E-state index contributed by atoms with van der Waals surface area (Å²) >= 11 is 2.69. The fraction of sp³-hybridized carbons (Fsp3) is 0.381. The van der Waals surface area contributed by atoms with Crippen molar-refractivity contribution in [1.29, 1.82) is 0 Å². The third-order valence-corrected chi connectivity index (χ3v) is 6.33. The number of benzene rings is 1. The molecule has 0 atom stereocenters. The average molecular weight is 475 g/mol. The zero-order valence-electron chi connectivity index (χ0n) is 18.4. The molecule has 9 nitrogen and oxygen atoms in total. The van der Waals surface area contributed by atoms with Gasteiger partial charge in [-0.25, -0.2) is 4.98 Å².